The molecule has 0 radical (unpaired) electrons. The summed E-state index contributed by atoms with van der Waals surface area (Å²) in [6.07, 6.45) is 7.80. The zero-order valence-corrected chi connectivity index (χ0v) is 10.2. The molecule has 0 spiro atoms. The maximum absolute atomic E-state index is 4.20. The van der Waals surface area contributed by atoms with Gasteiger partial charge in [-0.1, -0.05) is 12.2 Å². The Morgan fingerprint density at radius 3 is 1.44 bits per heavy atom. The summed E-state index contributed by atoms with van der Waals surface area (Å²) >= 11 is 0. The van der Waals surface area contributed by atoms with Crippen LogP contribution in [0.15, 0.2) is 23.5 Å². The average molecular weight is 218 g/mol. The van der Waals surface area contributed by atoms with Crippen LogP contribution in [0.1, 0.15) is 38.5 Å². The lowest BCUT2D eigenvalue weighted by atomic mass is 10.2. The lowest BCUT2D eigenvalue weighted by molar-refractivity contribution is 0.366. The van der Waals surface area contributed by atoms with Gasteiger partial charge >= 0.3 is 0 Å². The van der Waals surface area contributed by atoms with Gasteiger partial charge in [-0.25, -0.2) is 0 Å². The lowest BCUT2D eigenvalue weighted by Crippen LogP contribution is -2.25. The third-order valence-corrected chi connectivity index (χ3v) is 4.14. The maximum atomic E-state index is 4.20. The molecule has 3 aliphatic rings. The number of nitrogens with zero attached hydrogens (tertiary/aromatic N) is 2. The van der Waals surface area contributed by atoms with Gasteiger partial charge in [-0.3, -0.25) is 0 Å². The van der Waals surface area contributed by atoms with Crippen LogP contribution < -0.4 is 0 Å². The number of hydrogen-bond acceptors (Lipinski definition) is 2. The van der Waals surface area contributed by atoms with Crippen molar-refractivity contribution in [2.24, 2.45) is 0 Å². The molecular formula is C14H22N2. The standard InChI is InChI=1S/C14H22N2/c1-12-10-13(15-6-2-3-7-15)14(11-12)16-8-4-5-9-16/h1-11H2. The first-order valence-corrected chi connectivity index (χ1v) is 6.73. The summed E-state index contributed by atoms with van der Waals surface area (Å²) in [5.74, 6) is 0. The van der Waals surface area contributed by atoms with Crippen LogP contribution in [-0.2, 0) is 0 Å². The molecule has 0 aromatic heterocycles. The first-order valence-electron chi connectivity index (χ1n) is 6.73. The van der Waals surface area contributed by atoms with E-state index in [4.69, 9.17) is 0 Å². The molecule has 88 valence electrons. The van der Waals surface area contributed by atoms with E-state index in [0.29, 0.717) is 0 Å². The van der Waals surface area contributed by atoms with Crippen molar-refractivity contribution in [1.29, 1.82) is 0 Å². The van der Waals surface area contributed by atoms with Crippen molar-refractivity contribution < 1.29 is 0 Å². The summed E-state index contributed by atoms with van der Waals surface area (Å²) in [5, 5.41) is 0. The van der Waals surface area contributed by atoms with E-state index in [0.717, 1.165) is 12.8 Å². The molecule has 3 rings (SSSR count). The third-order valence-electron chi connectivity index (χ3n) is 4.14. The molecule has 0 amide bonds. The second-order valence-corrected chi connectivity index (χ2v) is 5.39. The lowest BCUT2D eigenvalue weighted by Gasteiger charge is -2.26. The van der Waals surface area contributed by atoms with Gasteiger partial charge in [0.1, 0.15) is 0 Å². The highest BCUT2D eigenvalue weighted by molar-refractivity contribution is 5.31. The molecule has 2 aliphatic heterocycles. The van der Waals surface area contributed by atoms with Gasteiger partial charge in [0.2, 0.25) is 0 Å². The highest BCUT2D eigenvalue weighted by atomic mass is 15.2. The normalized spacial score (nSPS) is 26.4. The molecule has 0 aromatic carbocycles. The smallest absolute Gasteiger partial charge is 0.0372 e. The van der Waals surface area contributed by atoms with Gasteiger partial charge in [-0.15, -0.1) is 0 Å². The zero-order valence-electron chi connectivity index (χ0n) is 10.2. The fourth-order valence-electron chi connectivity index (χ4n) is 3.30. The minimum absolute atomic E-state index is 1.14. The molecule has 0 unspecified atom stereocenters. The minimum Gasteiger partial charge on any atom is -0.373 e. The van der Waals surface area contributed by atoms with Crippen molar-refractivity contribution in [2.45, 2.75) is 38.5 Å². The molecule has 2 heterocycles. The Bertz CT molecular complexity index is 288. The summed E-state index contributed by atoms with van der Waals surface area (Å²) < 4.78 is 0. The number of likely N-dealkylation sites (tertiary alicyclic amines) is 2. The molecule has 2 nitrogen and oxygen atoms in total. The predicted molar refractivity (Wildman–Crippen MR) is 67.0 cm³/mol. The summed E-state index contributed by atoms with van der Waals surface area (Å²) in [7, 11) is 0. The van der Waals surface area contributed by atoms with E-state index in [2.05, 4.69) is 16.4 Å². The van der Waals surface area contributed by atoms with Crippen LogP contribution in [0.25, 0.3) is 0 Å². The molecule has 2 heteroatoms. The summed E-state index contributed by atoms with van der Waals surface area (Å²) in [6.45, 7) is 9.31. The fourth-order valence-corrected chi connectivity index (χ4v) is 3.30. The van der Waals surface area contributed by atoms with Gasteiger partial charge in [-0.05, 0) is 25.7 Å². The van der Waals surface area contributed by atoms with Gasteiger partial charge in [0.15, 0.2) is 0 Å². The van der Waals surface area contributed by atoms with E-state index < -0.39 is 0 Å². The Hall–Kier alpha value is -0.920. The average Bonchev–Trinajstić information content (AvgIpc) is 2.98. The number of allylic oxidation sites excluding steroid dienone is 2. The summed E-state index contributed by atoms with van der Waals surface area (Å²) in [6, 6.07) is 0. The first kappa shape index (κ1) is 10.2. The van der Waals surface area contributed by atoms with Gasteiger partial charge in [-0.2, -0.15) is 0 Å². The van der Waals surface area contributed by atoms with Crippen molar-refractivity contribution in [3.05, 3.63) is 23.5 Å². The molecule has 16 heavy (non-hydrogen) atoms. The second-order valence-electron chi connectivity index (χ2n) is 5.39. The Kier molecular flexibility index (Phi) is 2.66. The van der Waals surface area contributed by atoms with E-state index in [-0.39, 0.29) is 0 Å². The van der Waals surface area contributed by atoms with E-state index in [9.17, 15) is 0 Å². The SMILES string of the molecule is C=C1CC(N2CCCC2)=C(N2CCCC2)C1. The Balaban J connectivity index is 1.83. The molecule has 0 atom stereocenters. The Morgan fingerprint density at radius 2 is 1.06 bits per heavy atom. The summed E-state index contributed by atoms with van der Waals surface area (Å²) in [5.41, 5.74) is 4.65. The highest BCUT2D eigenvalue weighted by Gasteiger charge is 2.28. The van der Waals surface area contributed by atoms with Crippen molar-refractivity contribution in [3.8, 4) is 0 Å². The Labute approximate surface area is 98.6 Å². The molecule has 2 fully saturated rings. The van der Waals surface area contributed by atoms with Crippen LogP contribution >= 0.6 is 0 Å². The summed E-state index contributed by atoms with van der Waals surface area (Å²) in [4.78, 5) is 5.23. The molecule has 2 saturated heterocycles. The third kappa shape index (κ3) is 1.74. The number of hydrogen-bond donors (Lipinski definition) is 0. The van der Waals surface area contributed by atoms with E-state index in [1.165, 1.54) is 57.4 Å². The van der Waals surface area contributed by atoms with Crippen LogP contribution in [0.4, 0.5) is 0 Å². The molecular weight excluding hydrogens is 196 g/mol. The van der Waals surface area contributed by atoms with Crippen LogP contribution in [0.2, 0.25) is 0 Å². The molecule has 0 bridgehead atoms. The Morgan fingerprint density at radius 1 is 0.688 bits per heavy atom. The van der Waals surface area contributed by atoms with Crippen molar-refractivity contribution in [3.63, 3.8) is 0 Å². The topological polar surface area (TPSA) is 6.48 Å². The fraction of sp³-hybridized carbons (Fsp3) is 0.714. The highest BCUT2D eigenvalue weighted by Crippen LogP contribution is 2.36. The zero-order chi connectivity index (χ0) is 11.0. The van der Waals surface area contributed by atoms with E-state index >= 15 is 0 Å². The first-order chi connectivity index (χ1) is 7.84. The van der Waals surface area contributed by atoms with Crippen LogP contribution in [-0.4, -0.2) is 36.0 Å². The largest absolute Gasteiger partial charge is 0.373 e. The van der Waals surface area contributed by atoms with E-state index in [1.807, 2.05) is 0 Å². The monoisotopic (exact) mass is 218 g/mol. The predicted octanol–water partition coefficient (Wildman–Crippen LogP) is 2.74. The maximum Gasteiger partial charge on any atom is 0.0372 e. The van der Waals surface area contributed by atoms with Crippen LogP contribution in [0, 0.1) is 0 Å². The minimum atomic E-state index is 1.14. The molecule has 1 aliphatic carbocycles. The van der Waals surface area contributed by atoms with E-state index in [1.54, 1.807) is 11.4 Å². The van der Waals surface area contributed by atoms with Crippen LogP contribution in [0.5, 0.6) is 0 Å². The van der Waals surface area contributed by atoms with Crippen LogP contribution in [0.3, 0.4) is 0 Å². The van der Waals surface area contributed by atoms with Gasteiger partial charge < -0.3 is 9.80 Å². The number of rotatable bonds is 2. The van der Waals surface area contributed by atoms with Gasteiger partial charge in [0.25, 0.3) is 0 Å². The van der Waals surface area contributed by atoms with Crippen molar-refractivity contribution >= 4 is 0 Å². The van der Waals surface area contributed by atoms with Crippen molar-refractivity contribution in [2.75, 3.05) is 26.2 Å². The second kappa shape index (κ2) is 4.15. The molecule has 0 saturated carbocycles. The van der Waals surface area contributed by atoms with Gasteiger partial charge in [0.05, 0.1) is 0 Å². The van der Waals surface area contributed by atoms with Gasteiger partial charge in [0, 0.05) is 50.4 Å². The molecule has 0 N–H and O–H groups in total. The van der Waals surface area contributed by atoms with Crippen molar-refractivity contribution in [1.82, 2.24) is 9.80 Å². The molecule has 0 aromatic rings. The quantitative estimate of drug-likeness (QED) is 0.658.